The Morgan fingerprint density at radius 1 is 1.19 bits per heavy atom. The first-order valence-corrected chi connectivity index (χ1v) is 7.03. The highest BCUT2D eigenvalue weighted by molar-refractivity contribution is 6.40. The van der Waals surface area contributed by atoms with E-state index in [0.717, 1.165) is 0 Å². The summed E-state index contributed by atoms with van der Waals surface area (Å²) in [5, 5.41) is 38.1. The Hall–Kier alpha value is -1.16. The number of carboxylic acids is 2. The van der Waals surface area contributed by atoms with Gasteiger partial charge in [-0.15, -0.1) is 0 Å². The second-order valence-corrected chi connectivity index (χ2v) is 5.31. The molecular weight excluding hydrogens is 279 g/mol. The van der Waals surface area contributed by atoms with Gasteiger partial charge in [-0.05, 0) is 39.1 Å². The lowest BCUT2D eigenvalue weighted by Gasteiger charge is -2.25. The van der Waals surface area contributed by atoms with E-state index in [4.69, 9.17) is 20.9 Å². The molecule has 0 heterocycles. The van der Waals surface area contributed by atoms with Crippen LogP contribution in [-0.4, -0.2) is 57.4 Å². The standard InChI is InChI=1S/C12H25BN2O6/c1-9(10(16)17)15-8-4-6-12(14,11(18)19)5-2-3-7-13(20)21/h9,15,20-21H,2-8,14H2,1H3,(H,16,17)(H,18,19)/t9?,12-/m0/s1. The van der Waals surface area contributed by atoms with Gasteiger partial charge in [0.25, 0.3) is 0 Å². The van der Waals surface area contributed by atoms with Gasteiger partial charge in [0, 0.05) is 0 Å². The zero-order chi connectivity index (χ0) is 16.5. The van der Waals surface area contributed by atoms with Gasteiger partial charge in [-0.2, -0.15) is 0 Å². The van der Waals surface area contributed by atoms with Gasteiger partial charge in [0.2, 0.25) is 0 Å². The molecule has 0 aliphatic carbocycles. The number of hydrogen-bond acceptors (Lipinski definition) is 6. The van der Waals surface area contributed by atoms with Crippen molar-refractivity contribution in [1.82, 2.24) is 5.32 Å². The van der Waals surface area contributed by atoms with E-state index < -0.39 is 30.6 Å². The molecule has 0 aliphatic heterocycles. The van der Waals surface area contributed by atoms with Crippen LogP contribution in [0.15, 0.2) is 0 Å². The first kappa shape index (κ1) is 19.8. The van der Waals surface area contributed by atoms with E-state index in [-0.39, 0.29) is 19.2 Å². The summed E-state index contributed by atoms with van der Waals surface area (Å²) >= 11 is 0. The lowest BCUT2D eigenvalue weighted by atomic mass is 9.81. The minimum absolute atomic E-state index is 0.188. The molecule has 1 unspecified atom stereocenters. The molecule has 8 nitrogen and oxygen atoms in total. The number of nitrogens with two attached hydrogens (primary N) is 1. The minimum Gasteiger partial charge on any atom is -0.480 e. The van der Waals surface area contributed by atoms with Crippen LogP contribution in [0.1, 0.15) is 39.0 Å². The van der Waals surface area contributed by atoms with Crippen molar-refractivity contribution in [1.29, 1.82) is 0 Å². The smallest absolute Gasteiger partial charge is 0.451 e. The summed E-state index contributed by atoms with van der Waals surface area (Å²) in [6, 6.07) is -0.687. The molecule has 0 aliphatic rings. The lowest BCUT2D eigenvalue weighted by molar-refractivity contribution is -0.144. The third-order valence-electron chi connectivity index (χ3n) is 3.38. The highest BCUT2D eigenvalue weighted by Crippen LogP contribution is 2.19. The zero-order valence-electron chi connectivity index (χ0n) is 12.3. The van der Waals surface area contributed by atoms with Gasteiger partial charge in [-0.25, -0.2) is 0 Å². The quantitative estimate of drug-likeness (QED) is 0.203. The molecule has 0 rings (SSSR count). The number of rotatable bonds is 12. The number of carboxylic acid groups (broad SMARTS) is 2. The first-order valence-electron chi connectivity index (χ1n) is 7.03. The van der Waals surface area contributed by atoms with Crippen molar-refractivity contribution >= 4 is 19.1 Å². The van der Waals surface area contributed by atoms with E-state index >= 15 is 0 Å². The predicted molar refractivity (Wildman–Crippen MR) is 77.7 cm³/mol. The van der Waals surface area contributed by atoms with Gasteiger partial charge < -0.3 is 31.3 Å². The summed E-state index contributed by atoms with van der Waals surface area (Å²) in [5.74, 6) is -2.06. The van der Waals surface area contributed by atoms with Crippen LogP contribution in [0.5, 0.6) is 0 Å². The van der Waals surface area contributed by atoms with Crippen LogP contribution in [0.2, 0.25) is 6.32 Å². The summed E-state index contributed by atoms with van der Waals surface area (Å²) in [6.45, 7) is 1.88. The molecule has 0 radical (unpaired) electrons. The Balaban J connectivity index is 4.10. The molecule has 0 amide bonds. The van der Waals surface area contributed by atoms with Gasteiger partial charge in [0.1, 0.15) is 11.6 Å². The van der Waals surface area contributed by atoms with Crippen molar-refractivity contribution in [2.45, 2.75) is 56.9 Å². The number of aliphatic carboxylic acids is 2. The molecule has 0 saturated carbocycles. The number of nitrogens with one attached hydrogen (secondary N) is 1. The van der Waals surface area contributed by atoms with E-state index in [1.807, 2.05) is 0 Å². The molecular formula is C12H25BN2O6. The lowest BCUT2D eigenvalue weighted by Crippen LogP contribution is -2.48. The SMILES string of the molecule is CC(NCCC[C@@](N)(CCCCB(O)O)C(=O)O)C(=O)O. The number of hydrogen-bond donors (Lipinski definition) is 6. The largest absolute Gasteiger partial charge is 0.480 e. The van der Waals surface area contributed by atoms with E-state index in [2.05, 4.69) is 5.32 Å². The fraction of sp³-hybridized carbons (Fsp3) is 0.833. The van der Waals surface area contributed by atoms with Crippen molar-refractivity contribution in [3.63, 3.8) is 0 Å². The van der Waals surface area contributed by atoms with E-state index in [0.29, 0.717) is 25.8 Å². The molecule has 0 aromatic carbocycles. The van der Waals surface area contributed by atoms with Gasteiger partial charge in [0.05, 0.1) is 0 Å². The third-order valence-corrected chi connectivity index (χ3v) is 3.38. The average molecular weight is 304 g/mol. The van der Waals surface area contributed by atoms with Gasteiger partial charge in [-0.3, -0.25) is 9.59 Å². The van der Waals surface area contributed by atoms with Crippen LogP contribution in [-0.2, 0) is 9.59 Å². The summed E-state index contributed by atoms with van der Waals surface area (Å²) < 4.78 is 0. The summed E-state index contributed by atoms with van der Waals surface area (Å²) in [7, 11) is -1.39. The van der Waals surface area contributed by atoms with Crippen LogP contribution in [0.3, 0.4) is 0 Å². The average Bonchev–Trinajstić information content (AvgIpc) is 2.39. The molecule has 0 fully saturated rings. The van der Waals surface area contributed by atoms with Crippen LogP contribution in [0.4, 0.5) is 0 Å². The predicted octanol–water partition coefficient (Wildman–Crippen LogP) is -0.745. The summed E-state index contributed by atoms with van der Waals surface area (Å²) in [4.78, 5) is 21.9. The maximum atomic E-state index is 11.2. The molecule has 0 saturated heterocycles. The fourth-order valence-electron chi connectivity index (χ4n) is 1.92. The number of unbranched alkanes of at least 4 members (excludes halogenated alkanes) is 1. The molecule has 122 valence electrons. The van der Waals surface area contributed by atoms with Crippen molar-refractivity contribution in [3.8, 4) is 0 Å². The van der Waals surface area contributed by atoms with Crippen LogP contribution in [0.25, 0.3) is 0 Å². The molecule has 21 heavy (non-hydrogen) atoms. The Morgan fingerprint density at radius 3 is 2.24 bits per heavy atom. The molecule has 2 atom stereocenters. The first-order chi connectivity index (χ1) is 9.69. The topological polar surface area (TPSA) is 153 Å². The van der Waals surface area contributed by atoms with Crippen LogP contribution < -0.4 is 11.1 Å². The van der Waals surface area contributed by atoms with Gasteiger partial charge in [-0.1, -0.05) is 12.8 Å². The molecule has 0 aromatic heterocycles. The van der Waals surface area contributed by atoms with E-state index in [1.54, 1.807) is 0 Å². The Morgan fingerprint density at radius 2 is 1.76 bits per heavy atom. The fourth-order valence-corrected chi connectivity index (χ4v) is 1.92. The minimum atomic E-state index is -1.39. The molecule has 0 bridgehead atoms. The number of carbonyl (C=O) groups is 2. The van der Waals surface area contributed by atoms with Crippen molar-refractivity contribution in [2.75, 3.05) is 6.54 Å². The normalized spacial score (nSPS) is 15.2. The monoisotopic (exact) mass is 304 g/mol. The third kappa shape index (κ3) is 8.66. The van der Waals surface area contributed by atoms with Crippen LogP contribution >= 0.6 is 0 Å². The highest BCUT2D eigenvalue weighted by Gasteiger charge is 2.32. The van der Waals surface area contributed by atoms with E-state index in [9.17, 15) is 14.7 Å². The molecule has 0 spiro atoms. The molecule has 7 N–H and O–H groups in total. The van der Waals surface area contributed by atoms with Gasteiger partial charge in [0.15, 0.2) is 0 Å². The second-order valence-electron chi connectivity index (χ2n) is 5.31. The van der Waals surface area contributed by atoms with Crippen LogP contribution in [0, 0.1) is 0 Å². The second kappa shape index (κ2) is 9.72. The zero-order valence-corrected chi connectivity index (χ0v) is 12.3. The van der Waals surface area contributed by atoms with Crippen molar-refractivity contribution < 1.29 is 29.9 Å². The summed E-state index contributed by atoms with van der Waals surface area (Å²) in [6.07, 6.45) is 2.07. The highest BCUT2D eigenvalue weighted by atomic mass is 16.4. The maximum absolute atomic E-state index is 11.2. The maximum Gasteiger partial charge on any atom is 0.451 e. The van der Waals surface area contributed by atoms with Crippen molar-refractivity contribution in [3.05, 3.63) is 0 Å². The Bertz CT molecular complexity index is 342. The van der Waals surface area contributed by atoms with Crippen molar-refractivity contribution in [2.24, 2.45) is 5.73 Å². The van der Waals surface area contributed by atoms with E-state index in [1.165, 1.54) is 6.92 Å². The molecule has 9 heteroatoms. The molecule has 0 aromatic rings. The Labute approximate surface area is 124 Å². The Kier molecular flexibility index (Phi) is 9.19. The van der Waals surface area contributed by atoms with Gasteiger partial charge >= 0.3 is 19.1 Å². The summed E-state index contributed by atoms with van der Waals surface area (Å²) in [5.41, 5.74) is 4.50.